The van der Waals surface area contributed by atoms with Crippen LogP contribution in [0.3, 0.4) is 0 Å². The molecule has 1 aliphatic heterocycles. The number of thiophene rings is 1. The summed E-state index contributed by atoms with van der Waals surface area (Å²) >= 11 is 1.70. The van der Waals surface area contributed by atoms with Crippen LogP contribution in [0.4, 0.5) is 0 Å². The van der Waals surface area contributed by atoms with Crippen LogP contribution in [0.2, 0.25) is 0 Å². The Kier molecular flexibility index (Phi) is 7.39. The van der Waals surface area contributed by atoms with Gasteiger partial charge < -0.3 is 9.64 Å². The molecule has 0 bridgehead atoms. The van der Waals surface area contributed by atoms with Gasteiger partial charge in [-0.3, -0.25) is 9.69 Å². The van der Waals surface area contributed by atoms with Crippen molar-refractivity contribution in [2.45, 2.75) is 26.3 Å². The minimum absolute atomic E-state index is 0.0756. The summed E-state index contributed by atoms with van der Waals surface area (Å²) in [6, 6.07) is 20.9. The molecule has 0 saturated carbocycles. The van der Waals surface area contributed by atoms with E-state index in [9.17, 15) is 4.79 Å². The highest BCUT2D eigenvalue weighted by atomic mass is 32.1. The van der Waals surface area contributed by atoms with Crippen LogP contribution in [-0.2, 0) is 6.54 Å². The summed E-state index contributed by atoms with van der Waals surface area (Å²) in [5.41, 5.74) is 7.43. The first-order valence-corrected chi connectivity index (χ1v) is 14.6. The Balaban J connectivity index is 1.32. The average Bonchev–Trinajstić information content (AvgIpc) is 3.52. The summed E-state index contributed by atoms with van der Waals surface area (Å²) in [5.74, 6) is 0.948. The number of rotatable bonds is 10. The van der Waals surface area contributed by atoms with E-state index in [1.165, 1.54) is 42.6 Å². The number of ketones is 1. The molecule has 1 aromatic heterocycles. The summed E-state index contributed by atoms with van der Waals surface area (Å²) in [5, 5.41) is 1.02. The number of nitrogens with zero attached hydrogens (tertiary/aromatic N) is 2. The Labute approximate surface area is 235 Å². The van der Waals surface area contributed by atoms with Gasteiger partial charge in [0.1, 0.15) is 12.4 Å². The maximum Gasteiger partial charge on any atom is 0.195 e. The normalized spacial score (nSPS) is 15.2. The topological polar surface area (TPSA) is 32.8 Å². The van der Waals surface area contributed by atoms with Crippen LogP contribution < -0.4 is 4.74 Å². The predicted octanol–water partition coefficient (Wildman–Crippen LogP) is 7.25. The van der Waals surface area contributed by atoms with Crippen molar-refractivity contribution in [1.29, 1.82) is 0 Å². The number of benzene rings is 3. The van der Waals surface area contributed by atoms with Gasteiger partial charge in [-0.2, -0.15) is 0 Å². The van der Waals surface area contributed by atoms with Crippen molar-refractivity contribution >= 4 is 32.8 Å². The molecule has 4 aromatic rings. The number of hydrogen-bond acceptors (Lipinski definition) is 5. The fraction of sp³-hybridized carbons (Fsp3) is 0.294. The van der Waals surface area contributed by atoms with Gasteiger partial charge >= 0.3 is 0 Å². The number of ether oxygens (including phenoxy) is 1. The van der Waals surface area contributed by atoms with Crippen molar-refractivity contribution in [3.05, 3.63) is 101 Å². The maximum atomic E-state index is 14.1. The van der Waals surface area contributed by atoms with E-state index in [1.54, 1.807) is 11.3 Å². The Hall–Kier alpha value is -3.25. The summed E-state index contributed by atoms with van der Waals surface area (Å²) in [4.78, 5) is 19.7. The highest BCUT2D eigenvalue weighted by molar-refractivity contribution is 7.22. The van der Waals surface area contributed by atoms with Crippen LogP contribution in [-0.4, -0.2) is 55.9 Å². The Morgan fingerprint density at radius 2 is 1.72 bits per heavy atom. The second kappa shape index (κ2) is 11.1. The van der Waals surface area contributed by atoms with Crippen LogP contribution in [0.5, 0.6) is 5.75 Å². The van der Waals surface area contributed by atoms with Crippen molar-refractivity contribution in [1.82, 2.24) is 9.80 Å². The van der Waals surface area contributed by atoms with Gasteiger partial charge in [-0.1, -0.05) is 30.3 Å². The third kappa shape index (κ3) is 5.72. The van der Waals surface area contributed by atoms with E-state index < -0.39 is 0 Å². The first-order chi connectivity index (χ1) is 19.0. The molecule has 1 saturated heterocycles. The second-order valence-electron chi connectivity index (χ2n) is 10.9. The van der Waals surface area contributed by atoms with Crippen molar-refractivity contribution in [3.8, 4) is 16.2 Å². The summed E-state index contributed by atoms with van der Waals surface area (Å²) in [6.07, 6.45) is 6.84. The smallest absolute Gasteiger partial charge is 0.195 e. The zero-order valence-electron chi connectivity index (χ0n) is 23.0. The highest BCUT2D eigenvalue weighted by Crippen LogP contribution is 2.42. The molecule has 39 heavy (non-hydrogen) atoms. The van der Waals surface area contributed by atoms with E-state index in [-0.39, 0.29) is 5.78 Å². The molecule has 2 heterocycles. The average molecular weight is 536 g/mol. The van der Waals surface area contributed by atoms with Crippen molar-refractivity contribution in [3.63, 3.8) is 0 Å². The third-order valence-corrected chi connectivity index (χ3v) is 8.87. The van der Waals surface area contributed by atoms with Gasteiger partial charge in [-0.25, -0.2) is 0 Å². The first-order valence-electron chi connectivity index (χ1n) is 13.8. The van der Waals surface area contributed by atoms with E-state index in [4.69, 9.17) is 4.74 Å². The summed E-state index contributed by atoms with van der Waals surface area (Å²) in [7, 11) is 4.13. The van der Waals surface area contributed by atoms with Gasteiger partial charge in [-0.05, 0) is 111 Å². The molecule has 5 heteroatoms. The van der Waals surface area contributed by atoms with Gasteiger partial charge in [0.05, 0.1) is 0 Å². The standard InChI is InChI=1S/C34H35N2O2S/c1-23-20-27(8-9-28(23)22-35(2)3)33(37)32-30-15-12-26(24-6-7-24)21-31(30)39-34(32)25-10-13-29(14-11-25)38-19-18-36-16-4-5-17-36/h6-15,20-21H,4-5,16-19,22H2,1-3H3. The second-order valence-corrected chi connectivity index (χ2v) is 12.0. The van der Waals surface area contributed by atoms with E-state index in [0.29, 0.717) is 6.61 Å². The highest BCUT2D eigenvalue weighted by Gasteiger charge is 2.23. The zero-order valence-corrected chi connectivity index (χ0v) is 23.8. The number of allylic oxidation sites excluding steroid dienone is 2. The quantitative estimate of drug-likeness (QED) is 0.200. The maximum absolute atomic E-state index is 14.1. The number of fused-ring (bicyclic) bond motifs is 1. The largest absolute Gasteiger partial charge is 0.492 e. The molecule has 0 atom stereocenters. The molecule has 6 rings (SSSR count). The lowest BCUT2D eigenvalue weighted by atomic mass is 9.94. The molecule has 0 spiro atoms. The molecule has 1 fully saturated rings. The molecule has 1 radical (unpaired) electrons. The molecule has 0 N–H and O–H groups in total. The van der Waals surface area contributed by atoms with Crippen LogP contribution in [0.25, 0.3) is 26.1 Å². The monoisotopic (exact) mass is 535 g/mol. The van der Waals surface area contributed by atoms with Crippen LogP contribution in [0.15, 0.2) is 66.7 Å². The lowest BCUT2D eigenvalue weighted by molar-refractivity contribution is 0.104. The summed E-state index contributed by atoms with van der Waals surface area (Å²) < 4.78 is 7.19. The van der Waals surface area contributed by atoms with Gasteiger partial charge in [0.25, 0.3) is 0 Å². The molecule has 4 nitrogen and oxygen atoms in total. The molecule has 2 aliphatic rings. The third-order valence-electron chi connectivity index (χ3n) is 7.67. The molecule has 3 aromatic carbocycles. The van der Waals surface area contributed by atoms with Gasteiger partial charge in [0.15, 0.2) is 5.78 Å². The lowest BCUT2D eigenvalue weighted by Crippen LogP contribution is -2.25. The fourth-order valence-electron chi connectivity index (χ4n) is 5.44. The number of carbonyl (C=O) groups excluding carboxylic acids is 1. The van der Waals surface area contributed by atoms with Crippen LogP contribution in [0, 0.1) is 13.3 Å². The van der Waals surface area contributed by atoms with Gasteiger partial charge in [0, 0.05) is 45.6 Å². The summed E-state index contributed by atoms with van der Waals surface area (Å²) in [6.45, 7) is 6.98. The van der Waals surface area contributed by atoms with Gasteiger partial charge in [0.2, 0.25) is 0 Å². The molecular weight excluding hydrogens is 500 g/mol. The van der Waals surface area contributed by atoms with E-state index in [1.807, 2.05) is 24.3 Å². The van der Waals surface area contributed by atoms with E-state index in [2.05, 4.69) is 79.7 Å². The van der Waals surface area contributed by atoms with E-state index in [0.717, 1.165) is 56.1 Å². The number of carbonyl (C=O) groups is 1. The van der Waals surface area contributed by atoms with Crippen molar-refractivity contribution < 1.29 is 9.53 Å². The predicted molar refractivity (Wildman–Crippen MR) is 163 cm³/mol. The zero-order chi connectivity index (χ0) is 26.9. The fourth-order valence-corrected chi connectivity index (χ4v) is 6.68. The first kappa shape index (κ1) is 26.0. The van der Waals surface area contributed by atoms with Gasteiger partial charge in [-0.15, -0.1) is 11.3 Å². The SMILES string of the molecule is Cc1cc(C(=O)c2c(-c3ccc(OCCN4CCCC4)cc3)sc3cc(C4=C[CH]4)ccc23)ccc1CN(C)C. The number of aryl methyl sites for hydroxylation is 1. The molecule has 199 valence electrons. The molecular formula is C34H35N2O2S. The van der Waals surface area contributed by atoms with Crippen LogP contribution in [0.1, 0.15) is 45.5 Å². The van der Waals surface area contributed by atoms with Crippen LogP contribution >= 0.6 is 11.3 Å². The Bertz CT molecular complexity index is 1540. The van der Waals surface area contributed by atoms with Crippen molar-refractivity contribution in [2.24, 2.45) is 0 Å². The minimum atomic E-state index is 0.0756. The number of likely N-dealkylation sites (tertiary alicyclic amines) is 1. The Morgan fingerprint density at radius 1 is 0.974 bits per heavy atom. The molecule has 0 amide bonds. The Morgan fingerprint density at radius 3 is 2.41 bits per heavy atom. The molecule has 1 aliphatic carbocycles. The molecule has 0 unspecified atom stereocenters. The van der Waals surface area contributed by atoms with E-state index >= 15 is 0 Å². The number of hydrogen-bond donors (Lipinski definition) is 0. The minimum Gasteiger partial charge on any atom is -0.492 e. The lowest BCUT2D eigenvalue weighted by Gasteiger charge is -2.15. The van der Waals surface area contributed by atoms with Crippen molar-refractivity contribution in [2.75, 3.05) is 40.3 Å².